The van der Waals surface area contributed by atoms with Crippen molar-refractivity contribution in [2.45, 2.75) is 46.3 Å². The van der Waals surface area contributed by atoms with Gasteiger partial charge >= 0.3 is 11.9 Å². The SMILES string of the molecule is CC(=O)O[C@@H]1[C@H]2C(C)=CC(=O)C2=C(C)C[C@@H]2OC(=O)[C@@H](C)[C@@H]12. The van der Waals surface area contributed by atoms with Crippen LogP contribution in [0.5, 0.6) is 0 Å². The topological polar surface area (TPSA) is 69.7 Å². The zero-order valence-corrected chi connectivity index (χ0v) is 13.2. The molecule has 1 heterocycles. The van der Waals surface area contributed by atoms with Crippen LogP contribution in [0.1, 0.15) is 34.1 Å². The number of allylic oxidation sites excluding steroid dienone is 1. The number of fused-ring (bicyclic) bond motifs is 2. The summed E-state index contributed by atoms with van der Waals surface area (Å²) in [4.78, 5) is 35.9. The maximum atomic E-state index is 12.3. The molecule has 5 nitrogen and oxygen atoms in total. The lowest BCUT2D eigenvalue weighted by Gasteiger charge is -2.31. The number of rotatable bonds is 1. The van der Waals surface area contributed by atoms with Crippen LogP contribution in [0, 0.1) is 17.8 Å². The molecule has 5 atom stereocenters. The van der Waals surface area contributed by atoms with Crippen LogP contribution in [0.4, 0.5) is 0 Å². The van der Waals surface area contributed by atoms with Gasteiger partial charge in [0.15, 0.2) is 5.78 Å². The first-order valence-corrected chi connectivity index (χ1v) is 7.61. The molecule has 0 amide bonds. The average molecular weight is 304 g/mol. The van der Waals surface area contributed by atoms with Gasteiger partial charge in [-0.05, 0) is 19.9 Å². The number of ketones is 1. The molecule has 0 unspecified atom stereocenters. The molecular formula is C17H20O5. The highest BCUT2D eigenvalue weighted by Crippen LogP contribution is 2.47. The smallest absolute Gasteiger partial charge is 0.309 e. The van der Waals surface area contributed by atoms with Gasteiger partial charge in [0.25, 0.3) is 0 Å². The molecule has 0 aromatic rings. The van der Waals surface area contributed by atoms with Crippen molar-refractivity contribution < 1.29 is 23.9 Å². The maximum Gasteiger partial charge on any atom is 0.309 e. The largest absolute Gasteiger partial charge is 0.461 e. The Hall–Kier alpha value is -1.91. The van der Waals surface area contributed by atoms with Crippen LogP contribution in [-0.2, 0) is 23.9 Å². The second kappa shape index (κ2) is 5.07. The predicted molar refractivity (Wildman–Crippen MR) is 77.7 cm³/mol. The van der Waals surface area contributed by atoms with E-state index in [1.54, 1.807) is 13.0 Å². The number of carbonyl (C=O) groups excluding carboxylic acids is 3. The van der Waals surface area contributed by atoms with Crippen LogP contribution in [0.15, 0.2) is 22.8 Å². The highest BCUT2D eigenvalue weighted by Gasteiger charge is 2.54. The third-order valence-corrected chi connectivity index (χ3v) is 5.05. The minimum absolute atomic E-state index is 0.0175. The van der Waals surface area contributed by atoms with E-state index in [1.165, 1.54) is 6.92 Å². The number of ether oxygens (including phenoxy) is 2. The third kappa shape index (κ3) is 2.11. The molecule has 2 aliphatic carbocycles. The maximum absolute atomic E-state index is 12.3. The minimum Gasteiger partial charge on any atom is -0.461 e. The van der Waals surface area contributed by atoms with Gasteiger partial charge in [0.1, 0.15) is 12.2 Å². The van der Waals surface area contributed by atoms with Gasteiger partial charge in [-0.2, -0.15) is 0 Å². The van der Waals surface area contributed by atoms with Crippen molar-refractivity contribution in [2.24, 2.45) is 17.8 Å². The van der Waals surface area contributed by atoms with Gasteiger partial charge in [0, 0.05) is 30.8 Å². The molecule has 0 N–H and O–H groups in total. The highest BCUT2D eigenvalue weighted by molar-refractivity contribution is 6.09. The lowest BCUT2D eigenvalue weighted by atomic mass is 9.79. The first kappa shape index (κ1) is 15.0. The fraction of sp³-hybridized carbons (Fsp3) is 0.588. The molecule has 0 bridgehead atoms. The summed E-state index contributed by atoms with van der Waals surface area (Å²) in [5, 5.41) is 0. The van der Waals surface area contributed by atoms with E-state index in [1.807, 2.05) is 13.8 Å². The van der Waals surface area contributed by atoms with E-state index in [0.717, 1.165) is 11.1 Å². The standard InChI is InChI=1S/C17H20O5/c1-7-5-11(19)13-8(2)6-12-15(9(3)17(20)22-12)16(14(7)13)21-10(4)18/h5,9,12,14-16H,6H2,1-4H3/t9-,12-,14-,15+,16+/m0/s1. The van der Waals surface area contributed by atoms with Crippen molar-refractivity contribution >= 4 is 17.7 Å². The van der Waals surface area contributed by atoms with E-state index in [2.05, 4.69) is 0 Å². The fourth-order valence-electron chi connectivity index (χ4n) is 4.11. The van der Waals surface area contributed by atoms with E-state index in [9.17, 15) is 14.4 Å². The second-order valence-electron chi connectivity index (χ2n) is 6.54. The molecule has 1 saturated heterocycles. The summed E-state index contributed by atoms with van der Waals surface area (Å²) >= 11 is 0. The van der Waals surface area contributed by atoms with Crippen molar-refractivity contribution in [3.05, 3.63) is 22.8 Å². The van der Waals surface area contributed by atoms with Crippen LogP contribution in [0.3, 0.4) is 0 Å². The van der Waals surface area contributed by atoms with E-state index in [0.29, 0.717) is 12.0 Å². The number of hydrogen-bond donors (Lipinski definition) is 0. The van der Waals surface area contributed by atoms with Gasteiger partial charge in [0.2, 0.25) is 0 Å². The summed E-state index contributed by atoms with van der Waals surface area (Å²) in [6, 6.07) is 0. The van der Waals surface area contributed by atoms with Crippen LogP contribution in [-0.4, -0.2) is 29.9 Å². The Morgan fingerprint density at radius 1 is 1.32 bits per heavy atom. The molecule has 5 heteroatoms. The molecule has 3 aliphatic rings. The molecule has 0 radical (unpaired) electrons. The molecule has 0 aromatic carbocycles. The molecule has 1 aliphatic heterocycles. The predicted octanol–water partition coefficient (Wildman–Crippen LogP) is 1.96. The molecule has 118 valence electrons. The van der Waals surface area contributed by atoms with Crippen molar-refractivity contribution in [1.29, 1.82) is 0 Å². The Kier molecular flexibility index (Phi) is 3.46. The minimum atomic E-state index is -0.529. The van der Waals surface area contributed by atoms with Crippen LogP contribution < -0.4 is 0 Å². The van der Waals surface area contributed by atoms with Crippen LogP contribution in [0.25, 0.3) is 0 Å². The summed E-state index contributed by atoms with van der Waals surface area (Å²) in [5.41, 5.74) is 2.52. The molecule has 0 saturated carbocycles. The van der Waals surface area contributed by atoms with Gasteiger partial charge in [-0.1, -0.05) is 18.1 Å². The zero-order valence-electron chi connectivity index (χ0n) is 13.2. The Morgan fingerprint density at radius 3 is 2.64 bits per heavy atom. The first-order valence-electron chi connectivity index (χ1n) is 7.61. The average Bonchev–Trinajstić information content (AvgIpc) is 2.80. The van der Waals surface area contributed by atoms with Gasteiger partial charge in [0.05, 0.1) is 5.92 Å². The molecule has 3 rings (SSSR count). The van der Waals surface area contributed by atoms with Gasteiger partial charge in [-0.3, -0.25) is 14.4 Å². The van der Waals surface area contributed by atoms with E-state index in [4.69, 9.17) is 9.47 Å². The van der Waals surface area contributed by atoms with E-state index in [-0.39, 0.29) is 35.6 Å². The fourth-order valence-corrected chi connectivity index (χ4v) is 4.11. The Balaban J connectivity index is 2.11. The summed E-state index contributed by atoms with van der Waals surface area (Å²) < 4.78 is 11.1. The van der Waals surface area contributed by atoms with E-state index < -0.39 is 12.1 Å². The van der Waals surface area contributed by atoms with E-state index >= 15 is 0 Å². The Morgan fingerprint density at radius 2 is 2.00 bits per heavy atom. The Bertz CT molecular complexity index is 627. The normalized spacial score (nSPS) is 37.3. The third-order valence-electron chi connectivity index (χ3n) is 5.05. The van der Waals surface area contributed by atoms with Crippen molar-refractivity contribution in [2.75, 3.05) is 0 Å². The zero-order chi connectivity index (χ0) is 16.2. The number of carbonyl (C=O) groups is 3. The monoisotopic (exact) mass is 304 g/mol. The van der Waals surface area contributed by atoms with Crippen LogP contribution >= 0.6 is 0 Å². The van der Waals surface area contributed by atoms with Crippen molar-refractivity contribution in [1.82, 2.24) is 0 Å². The van der Waals surface area contributed by atoms with Crippen molar-refractivity contribution in [3.63, 3.8) is 0 Å². The summed E-state index contributed by atoms with van der Waals surface area (Å²) in [6.07, 6.45) is 1.28. The number of esters is 2. The highest BCUT2D eigenvalue weighted by atomic mass is 16.6. The van der Waals surface area contributed by atoms with Gasteiger partial charge < -0.3 is 9.47 Å². The lowest BCUT2D eigenvalue weighted by Crippen LogP contribution is -2.39. The summed E-state index contributed by atoms with van der Waals surface area (Å²) in [6.45, 7) is 6.94. The number of hydrogen-bond acceptors (Lipinski definition) is 5. The van der Waals surface area contributed by atoms with Crippen LogP contribution in [0.2, 0.25) is 0 Å². The van der Waals surface area contributed by atoms with Crippen molar-refractivity contribution in [3.8, 4) is 0 Å². The first-order chi connectivity index (χ1) is 10.3. The Labute approximate surface area is 129 Å². The summed E-state index contributed by atoms with van der Waals surface area (Å²) in [7, 11) is 0. The molecular weight excluding hydrogens is 284 g/mol. The van der Waals surface area contributed by atoms with Gasteiger partial charge in [-0.15, -0.1) is 0 Å². The second-order valence-corrected chi connectivity index (χ2v) is 6.54. The van der Waals surface area contributed by atoms with Gasteiger partial charge in [-0.25, -0.2) is 0 Å². The lowest BCUT2D eigenvalue weighted by molar-refractivity contribution is -0.152. The molecule has 1 fully saturated rings. The molecule has 0 spiro atoms. The summed E-state index contributed by atoms with van der Waals surface area (Å²) in [5.74, 6) is -1.50. The molecule has 0 aromatic heterocycles. The quantitative estimate of drug-likeness (QED) is 0.693. The molecule has 22 heavy (non-hydrogen) atoms.